The van der Waals surface area contributed by atoms with Crippen LogP contribution < -0.4 is 5.32 Å². The first-order valence-corrected chi connectivity index (χ1v) is 6.77. The van der Waals surface area contributed by atoms with Crippen LogP contribution in [0, 0.1) is 6.92 Å². The summed E-state index contributed by atoms with van der Waals surface area (Å²) in [5.41, 5.74) is 2.55. The number of benzene rings is 1. The normalized spacial score (nSPS) is 19.4. The van der Waals surface area contributed by atoms with Crippen molar-refractivity contribution >= 4 is 0 Å². The number of nitrogens with one attached hydrogen (secondary N) is 1. The molecule has 0 amide bonds. The molecule has 1 aliphatic rings. The van der Waals surface area contributed by atoms with Crippen molar-refractivity contribution in [3.63, 3.8) is 0 Å². The topological polar surface area (TPSA) is 45.4 Å². The lowest BCUT2D eigenvalue weighted by atomic mass is 10.1. The first kappa shape index (κ1) is 12.3. The van der Waals surface area contributed by atoms with Crippen molar-refractivity contribution in [2.75, 3.05) is 0 Å². The van der Waals surface area contributed by atoms with Gasteiger partial charge in [-0.25, -0.2) is 0 Å². The third kappa shape index (κ3) is 2.38. The average Bonchev–Trinajstić information content (AvgIpc) is 2.96. The summed E-state index contributed by atoms with van der Waals surface area (Å²) in [6.07, 6.45) is 2.09. The third-order valence-corrected chi connectivity index (χ3v) is 3.84. The van der Waals surface area contributed by atoms with Crippen LogP contribution in [0.2, 0.25) is 0 Å². The Balaban J connectivity index is 1.76. The average molecular weight is 257 g/mol. The largest absolute Gasteiger partial charge is 0.508 e. The molecule has 2 unspecified atom stereocenters. The van der Waals surface area contributed by atoms with Crippen LogP contribution in [0.4, 0.5) is 0 Å². The lowest BCUT2D eigenvalue weighted by Gasteiger charge is -2.19. The van der Waals surface area contributed by atoms with E-state index < -0.39 is 0 Å². The molecule has 3 heteroatoms. The predicted octanol–water partition coefficient (Wildman–Crippen LogP) is 3.63. The van der Waals surface area contributed by atoms with Gasteiger partial charge in [-0.1, -0.05) is 6.07 Å². The van der Waals surface area contributed by atoms with Gasteiger partial charge in [0.25, 0.3) is 0 Å². The van der Waals surface area contributed by atoms with Crippen molar-refractivity contribution in [2.24, 2.45) is 0 Å². The van der Waals surface area contributed by atoms with E-state index in [9.17, 15) is 5.11 Å². The molecule has 0 fully saturated rings. The van der Waals surface area contributed by atoms with Gasteiger partial charge in [0.2, 0.25) is 0 Å². The maximum Gasteiger partial charge on any atom is 0.120 e. The van der Waals surface area contributed by atoms with E-state index in [1.54, 1.807) is 6.07 Å². The zero-order chi connectivity index (χ0) is 13.4. The summed E-state index contributed by atoms with van der Waals surface area (Å²) in [6.45, 7) is 4.08. The highest BCUT2D eigenvalue weighted by Crippen LogP contribution is 2.34. The van der Waals surface area contributed by atoms with Crippen LogP contribution in [0.15, 0.2) is 34.7 Å². The molecule has 1 aromatic heterocycles. The SMILES string of the molecule is Cc1ccc(C(C)NC2CCc3cc(O)ccc32)o1. The van der Waals surface area contributed by atoms with E-state index in [0.717, 1.165) is 24.4 Å². The molecule has 2 N–H and O–H groups in total. The number of hydrogen-bond donors (Lipinski definition) is 2. The number of phenols is 1. The summed E-state index contributed by atoms with van der Waals surface area (Å²) in [6, 6.07) is 10.2. The zero-order valence-electron chi connectivity index (χ0n) is 11.3. The fourth-order valence-electron chi connectivity index (χ4n) is 2.85. The fraction of sp³-hybridized carbons (Fsp3) is 0.375. The smallest absolute Gasteiger partial charge is 0.120 e. The highest BCUT2D eigenvalue weighted by atomic mass is 16.3. The van der Waals surface area contributed by atoms with Crippen molar-refractivity contribution in [3.8, 4) is 5.75 Å². The minimum Gasteiger partial charge on any atom is -0.508 e. The molecule has 0 aliphatic heterocycles. The number of rotatable bonds is 3. The summed E-state index contributed by atoms with van der Waals surface area (Å²) in [5.74, 6) is 2.28. The van der Waals surface area contributed by atoms with Crippen molar-refractivity contribution in [2.45, 2.75) is 38.8 Å². The maximum absolute atomic E-state index is 9.51. The van der Waals surface area contributed by atoms with Crippen molar-refractivity contribution < 1.29 is 9.52 Å². The van der Waals surface area contributed by atoms with Crippen molar-refractivity contribution in [1.82, 2.24) is 5.32 Å². The molecule has 1 heterocycles. The maximum atomic E-state index is 9.51. The predicted molar refractivity (Wildman–Crippen MR) is 74.2 cm³/mol. The van der Waals surface area contributed by atoms with Gasteiger partial charge in [-0.05, 0) is 62.1 Å². The first-order valence-electron chi connectivity index (χ1n) is 6.77. The van der Waals surface area contributed by atoms with Gasteiger partial charge >= 0.3 is 0 Å². The van der Waals surface area contributed by atoms with Gasteiger partial charge in [-0.3, -0.25) is 0 Å². The zero-order valence-corrected chi connectivity index (χ0v) is 11.3. The molecule has 1 aromatic carbocycles. The van der Waals surface area contributed by atoms with Crippen LogP contribution in [-0.2, 0) is 6.42 Å². The second kappa shape index (κ2) is 4.74. The lowest BCUT2D eigenvalue weighted by molar-refractivity contribution is 0.382. The number of hydrogen-bond acceptors (Lipinski definition) is 3. The number of fused-ring (bicyclic) bond motifs is 1. The number of aromatic hydroxyl groups is 1. The molecule has 19 heavy (non-hydrogen) atoms. The molecule has 0 radical (unpaired) electrons. The van der Waals surface area contributed by atoms with E-state index in [1.165, 1.54) is 11.1 Å². The molecular weight excluding hydrogens is 238 g/mol. The van der Waals surface area contributed by atoms with Crippen molar-refractivity contribution in [3.05, 3.63) is 53.0 Å². The first-order chi connectivity index (χ1) is 9.13. The van der Waals surface area contributed by atoms with E-state index in [2.05, 4.69) is 12.2 Å². The van der Waals surface area contributed by atoms with Gasteiger partial charge in [0, 0.05) is 6.04 Å². The van der Waals surface area contributed by atoms with Crippen LogP contribution in [0.1, 0.15) is 48.1 Å². The molecule has 1 aliphatic carbocycles. The Morgan fingerprint density at radius 1 is 1.32 bits per heavy atom. The van der Waals surface area contributed by atoms with Gasteiger partial charge in [-0.2, -0.15) is 0 Å². The van der Waals surface area contributed by atoms with Gasteiger partial charge in [-0.15, -0.1) is 0 Å². The molecule has 100 valence electrons. The molecule has 0 spiro atoms. The molecule has 3 nitrogen and oxygen atoms in total. The van der Waals surface area contributed by atoms with E-state index >= 15 is 0 Å². The Kier molecular flexibility index (Phi) is 3.07. The van der Waals surface area contributed by atoms with E-state index in [4.69, 9.17) is 4.42 Å². The minimum absolute atomic E-state index is 0.193. The third-order valence-electron chi connectivity index (χ3n) is 3.84. The quantitative estimate of drug-likeness (QED) is 0.882. The standard InChI is InChI=1S/C16H19NO2/c1-10-3-8-16(19-10)11(2)17-15-7-4-12-9-13(18)5-6-14(12)15/h3,5-6,8-9,11,15,17-18H,4,7H2,1-2H3. The Morgan fingerprint density at radius 2 is 2.16 bits per heavy atom. The molecule has 3 rings (SSSR count). The number of aryl methyl sites for hydroxylation is 2. The monoisotopic (exact) mass is 257 g/mol. The molecule has 0 bridgehead atoms. The lowest BCUT2D eigenvalue weighted by Crippen LogP contribution is -2.22. The fourth-order valence-corrected chi connectivity index (χ4v) is 2.85. The minimum atomic E-state index is 0.193. The Labute approximate surface area is 113 Å². The van der Waals surface area contributed by atoms with E-state index in [1.807, 2.05) is 31.2 Å². The second-order valence-corrected chi connectivity index (χ2v) is 5.31. The van der Waals surface area contributed by atoms with Gasteiger partial charge in [0.1, 0.15) is 17.3 Å². The Hall–Kier alpha value is -1.74. The van der Waals surface area contributed by atoms with Crippen LogP contribution in [0.3, 0.4) is 0 Å². The van der Waals surface area contributed by atoms with Gasteiger partial charge in [0.15, 0.2) is 0 Å². The summed E-state index contributed by atoms with van der Waals surface area (Å²) in [4.78, 5) is 0. The summed E-state index contributed by atoms with van der Waals surface area (Å²) in [5, 5.41) is 13.1. The van der Waals surface area contributed by atoms with Gasteiger partial charge < -0.3 is 14.8 Å². The highest BCUT2D eigenvalue weighted by Gasteiger charge is 2.24. The van der Waals surface area contributed by atoms with Crippen LogP contribution in [0.5, 0.6) is 5.75 Å². The number of phenolic OH excluding ortho intramolecular Hbond substituents is 1. The molecule has 2 aromatic rings. The molecular formula is C16H19NO2. The summed E-state index contributed by atoms with van der Waals surface area (Å²) in [7, 11) is 0. The molecule has 0 saturated heterocycles. The van der Waals surface area contributed by atoms with Crippen LogP contribution in [0.25, 0.3) is 0 Å². The second-order valence-electron chi connectivity index (χ2n) is 5.31. The number of furan rings is 1. The Morgan fingerprint density at radius 3 is 2.89 bits per heavy atom. The van der Waals surface area contributed by atoms with E-state index in [-0.39, 0.29) is 6.04 Å². The van der Waals surface area contributed by atoms with Crippen LogP contribution >= 0.6 is 0 Å². The van der Waals surface area contributed by atoms with Crippen LogP contribution in [-0.4, -0.2) is 5.11 Å². The molecule has 0 saturated carbocycles. The van der Waals surface area contributed by atoms with E-state index in [0.29, 0.717) is 11.8 Å². The molecule has 2 atom stereocenters. The summed E-state index contributed by atoms with van der Waals surface area (Å²) < 4.78 is 5.66. The Bertz CT molecular complexity index is 588. The summed E-state index contributed by atoms with van der Waals surface area (Å²) >= 11 is 0. The van der Waals surface area contributed by atoms with Gasteiger partial charge in [0.05, 0.1) is 6.04 Å². The highest BCUT2D eigenvalue weighted by molar-refractivity contribution is 5.40. The van der Waals surface area contributed by atoms with Crippen molar-refractivity contribution in [1.29, 1.82) is 0 Å².